The molecule has 0 unspecified atom stereocenters. The van der Waals surface area contributed by atoms with Crippen LogP contribution in [-0.2, 0) is 80.4 Å². The van der Waals surface area contributed by atoms with Gasteiger partial charge in [0.2, 0.25) is 0 Å². The van der Waals surface area contributed by atoms with Gasteiger partial charge in [0.25, 0.3) is 0 Å². The molecule has 0 spiro atoms. The average molecular weight is 2420 g/mol. The molecule has 0 saturated carbocycles. The molecule has 20 rings (SSSR count). The number of rotatable bonds is 12. The normalized spacial score (nSPS) is 12.0. The van der Waals surface area contributed by atoms with Gasteiger partial charge in [0.05, 0.1) is 0 Å². The van der Waals surface area contributed by atoms with Gasteiger partial charge in [-0.3, -0.25) is 0 Å². The minimum Gasteiger partial charge on any atom is -0.304 e. The summed E-state index contributed by atoms with van der Waals surface area (Å²) in [7, 11) is 0. The molecular formula is C119H94Ir4N8-8. The van der Waals surface area contributed by atoms with Crippen molar-refractivity contribution in [3.63, 3.8) is 0 Å². The van der Waals surface area contributed by atoms with E-state index in [9.17, 15) is 0 Å². The van der Waals surface area contributed by atoms with E-state index in [0.717, 1.165) is 118 Å². The van der Waals surface area contributed by atoms with Gasteiger partial charge in [-0.25, -0.2) is 0 Å². The Bertz CT molecular complexity index is 6740. The molecule has 8 aromatic heterocycles. The fraction of sp³-hybridized carbons (Fsp3) is 0.0588. The quantitative estimate of drug-likeness (QED) is 0.111. The first kappa shape index (κ1) is 80.7. The summed E-state index contributed by atoms with van der Waals surface area (Å²) in [4.78, 5) is 34.5. The Morgan fingerprint density at radius 1 is 0.168 bits per heavy atom. The molecule has 0 saturated heterocycles. The third-order valence-corrected chi connectivity index (χ3v) is 19.2. The van der Waals surface area contributed by atoms with Crippen LogP contribution >= 0.6 is 0 Å². The van der Waals surface area contributed by atoms with Gasteiger partial charge in [-0.2, -0.15) is 0 Å². The second kappa shape index (κ2) is 54.7. The van der Waals surface area contributed by atoms with Crippen LogP contribution in [0.3, 0.4) is 0 Å². The standard InChI is InChI=1S/3C18H14N.C17H12N.4C12H10N.4Ir/c1-14-7-5-6-10-17(14)16-11-12-18(19-13-16)15-8-3-2-4-9-15;2*1-14-7-9-15(10-8-14)17-11-12-18(19-13-17)16-5-3-2-4-6-16;1-3-7-14(8-4-1)16-11-12-17(18-13-16)15-9-5-2-6-10-15;4*1-10-7-8-12(13-9-10)11-5-3-2-4-6-11;;;;/h2-8,10-13H,1H3;2*2-5,7-13H,1H3;1-9,11-13H;4*2-5,7-9H,1H3;;;;/q8*-1;;;;/i;1D3;;;4*1D3;;;;. The van der Waals surface area contributed by atoms with Crippen molar-refractivity contribution in [3.8, 4) is 135 Å². The summed E-state index contributed by atoms with van der Waals surface area (Å²) in [6, 6.07) is 150. The number of hydrogen-bond donors (Lipinski definition) is 0. The van der Waals surface area contributed by atoms with Crippen molar-refractivity contribution in [1.29, 1.82) is 0 Å². The molecule has 0 fully saturated rings. The van der Waals surface area contributed by atoms with Crippen LogP contribution < -0.4 is 0 Å². The van der Waals surface area contributed by atoms with E-state index in [-0.39, 0.29) is 103 Å². The predicted molar refractivity (Wildman–Crippen MR) is 523 cm³/mol. The van der Waals surface area contributed by atoms with Crippen LogP contribution in [0.25, 0.3) is 135 Å². The zero-order valence-corrected chi connectivity index (χ0v) is 80.6. The molecule has 0 amide bonds. The van der Waals surface area contributed by atoms with Crippen LogP contribution in [-0.4, -0.2) is 39.9 Å². The zero-order valence-electron chi connectivity index (χ0n) is 86.1. The molecule has 0 aliphatic rings. The van der Waals surface area contributed by atoms with Crippen LogP contribution in [0, 0.1) is 96.6 Å². The number of aromatic nitrogens is 8. The Hall–Kier alpha value is -13.6. The van der Waals surface area contributed by atoms with Gasteiger partial charge in [-0.1, -0.05) is 211 Å². The van der Waals surface area contributed by atoms with Crippen LogP contribution in [0.2, 0.25) is 0 Å². The maximum Gasteiger partial charge on any atom is 0.0280 e. The van der Waals surface area contributed by atoms with Crippen molar-refractivity contribution in [2.24, 2.45) is 0 Å². The van der Waals surface area contributed by atoms with E-state index in [1.807, 2.05) is 249 Å². The topological polar surface area (TPSA) is 103 Å². The van der Waals surface area contributed by atoms with Gasteiger partial charge < -0.3 is 39.9 Å². The first-order valence-corrected chi connectivity index (χ1v) is 40.7. The molecule has 20 aromatic rings. The van der Waals surface area contributed by atoms with Crippen molar-refractivity contribution in [1.82, 2.24) is 39.9 Å². The van der Waals surface area contributed by atoms with Crippen molar-refractivity contribution in [3.05, 3.63) is 531 Å². The van der Waals surface area contributed by atoms with Crippen LogP contribution in [0.1, 0.15) is 59.5 Å². The van der Waals surface area contributed by atoms with Gasteiger partial charge in [0.15, 0.2) is 0 Å². The molecule has 0 bridgehead atoms. The van der Waals surface area contributed by atoms with Crippen LogP contribution in [0.15, 0.2) is 444 Å². The predicted octanol–water partition coefficient (Wildman–Crippen LogP) is 29.2. The maximum absolute atomic E-state index is 7.39. The Morgan fingerprint density at radius 3 is 0.580 bits per heavy atom. The second-order valence-electron chi connectivity index (χ2n) is 28.3. The van der Waals surface area contributed by atoms with Gasteiger partial charge in [-0.05, 0) is 166 Å². The molecular weight excluding hydrogens is 2310 g/mol. The van der Waals surface area contributed by atoms with E-state index in [2.05, 4.69) is 181 Å². The second-order valence-corrected chi connectivity index (χ2v) is 28.3. The maximum atomic E-state index is 7.39. The first-order chi connectivity index (χ1) is 68.4. The molecule has 131 heavy (non-hydrogen) atoms. The summed E-state index contributed by atoms with van der Waals surface area (Å²) in [5, 5.41) is 0. The van der Waals surface area contributed by atoms with Gasteiger partial charge in [0, 0.05) is 151 Å². The molecule has 12 heteroatoms. The molecule has 0 aliphatic carbocycles. The number of aryl methyl sites for hydroxylation is 7. The Morgan fingerprint density at radius 2 is 0.366 bits per heavy atom. The third kappa shape index (κ3) is 32.3. The van der Waals surface area contributed by atoms with E-state index in [0.29, 0.717) is 5.56 Å². The van der Waals surface area contributed by atoms with Crippen LogP contribution in [0.4, 0.5) is 0 Å². The Kier molecular flexibility index (Phi) is 33.7. The van der Waals surface area contributed by atoms with Crippen molar-refractivity contribution < 1.29 is 101 Å². The van der Waals surface area contributed by atoms with Crippen LogP contribution in [0.5, 0.6) is 0 Å². The fourth-order valence-corrected chi connectivity index (χ4v) is 12.5. The van der Waals surface area contributed by atoms with Crippen molar-refractivity contribution in [2.45, 2.75) is 48.1 Å². The zero-order chi connectivity index (χ0) is 100. The smallest absolute Gasteiger partial charge is 0.0280 e. The third-order valence-electron chi connectivity index (χ3n) is 19.2. The fourth-order valence-electron chi connectivity index (χ4n) is 12.5. The van der Waals surface area contributed by atoms with Gasteiger partial charge in [-0.15, -0.1) is 287 Å². The monoisotopic (exact) mass is 2420 g/mol. The molecule has 654 valence electrons. The summed E-state index contributed by atoms with van der Waals surface area (Å²) in [5.41, 5.74) is 27.0. The van der Waals surface area contributed by atoms with Crippen molar-refractivity contribution >= 4 is 0 Å². The van der Waals surface area contributed by atoms with Gasteiger partial charge in [0.1, 0.15) is 0 Å². The summed E-state index contributed by atoms with van der Waals surface area (Å²) in [6.45, 7) is -6.22. The molecule has 8 nitrogen and oxygen atoms in total. The summed E-state index contributed by atoms with van der Waals surface area (Å²) >= 11 is 0. The summed E-state index contributed by atoms with van der Waals surface area (Å²) in [5.74, 6) is 0. The van der Waals surface area contributed by atoms with E-state index in [1.54, 1.807) is 91.1 Å². The SMILES string of the molecule is Cc1ccc(-c2ccc(-c3[c-]cccc3)nc2)cc1.Cc1ccccc1-c1ccc(-c2[c-]cccc2)nc1.[2H]C([2H])([2H])c1ccc(-c2[c-]cccc2)nc1.[2H]C([2H])([2H])c1ccc(-c2[c-]cccc2)nc1.[2H]C([2H])([2H])c1ccc(-c2[c-]cccc2)nc1.[2H]C([2H])([2H])c1ccc(-c2[c-]cccc2)nc1.[2H]C([2H])([2H])c1ccc(-c2ccc(-c3[c-]cccc3)nc2)cc1.[Ir].[Ir].[Ir].[Ir].[c-]1ccccc1-c1ccc(-c2ccccc2)cn1. The minimum atomic E-state index is -2.09. The Balaban J connectivity index is 0.000000185. The van der Waals surface area contributed by atoms with Gasteiger partial charge >= 0.3 is 0 Å². The summed E-state index contributed by atoms with van der Waals surface area (Å²) in [6.07, 6.45) is 13.1. The number of pyridine rings is 8. The van der Waals surface area contributed by atoms with E-state index in [4.69, 9.17) is 20.6 Å². The molecule has 12 aromatic carbocycles. The number of nitrogens with zero attached hydrogens (tertiary/aromatic N) is 8. The molecule has 4 radical (unpaired) electrons. The average Bonchev–Trinajstić information content (AvgIpc) is 0.815. The first-order valence-electron chi connectivity index (χ1n) is 48.2. The van der Waals surface area contributed by atoms with E-state index < -0.39 is 34.3 Å². The Labute approximate surface area is 848 Å². The number of benzene rings is 12. The van der Waals surface area contributed by atoms with E-state index in [1.165, 1.54) is 52.6 Å². The molecule has 0 atom stereocenters. The van der Waals surface area contributed by atoms with Crippen molar-refractivity contribution in [2.75, 3.05) is 0 Å². The van der Waals surface area contributed by atoms with E-state index >= 15 is 0 Å². The summed E-state index contributed by atoms with van der Waals surface area (Å²) < 4.78 is 109. The largest absolute Gasteiger partial charge is 0.304 e. The number of hydrogen-bond acceptors (Lipinski definition) is 8. The minimum absolute atomic E-state index is 0. The molecule has 0 N–H and O–H groups in total. The molecule has 8 heterocycles. The molecule has 0 aliphatic heterocycles.